The van der Waals surface area contributed by atoms with Crippen LogP contribution >= 0.6 is 22.7 Å². The number of benzene rings is 1. The highest BCUT2D eigenvalue weighted by Gasteiger charge is 2.16. The van der Waals surface area contributed by atoms with Crippen LogP contribution in [0, 0.1) is 0 Å². The van der Waals surface area contributed by atoms with Crippen molar-refractivity contribution in [1.29, 1.82) is 0 Å². The minimum atomic E-state index is -0.311. The highest BCUT2D eigenvalue weighted by Crippen LogP contribution is 2.33. The van der Waals surface area contributed by atoms with E-state index >= 15 is 0 Å². The van der Waals surface area contributed by atoms with Gasteiger partial charge in [0.2, 0.25) is 5.91 Å². The van der Waals surface area contributed by atoms with Crippen LogP contribution in [-0.4, -0.2) is 25.2 Å². The summed E-state index contributed by atoms with van der Waals surface area (Å²) in [7, 11) is 0. The molecule has 0 unspecified atom stereocenters. The average molecular weight is 476 g/mol. The summed E-state index contributed by atoms with van der Waals surface area (Å²) < 4.78 is 3.09. The number of thiophene rings is 2. The van der Waals surface area contributed by atoms with E-state index in [2.05, 4.69) is 46.6 Å². The van der Waals surface area contributed by atoms with Gasteiger partial charge in [0.25, 0.3) is 5.56 Å². The van der Waals surface area contributed by atoms with E-state index in [1.54, 1.807) is 28.3 Å². The molecule has 0 saturated carbocycles. The number of aromatic nitrogens is 4. The summed E-state index contributed by atoms with van der Waals surface area (Å²) >= 11 is 3.01. The molecular formula is C24H21N5O2S2. The lowest BCUT2D eigenvalue weighted by atomic mass is 10.1. The lowest BCUT2D eigenvalue weighted by Crippen LogP contribution is -2.28. The molecular weight excluding hydrogens is 454 g/mol. The summed E-state index contributed by atoms with van der Waals surface area (Å²) in [4.78, 5) is 32.0. The molecule has 33 heavy (non-hydrogen) atoms. The molecule has 4 heterocycles. The minimum Gasteiger partial charge on any atom is -0.309 e. The average Bonchev–Trinajstić information content (AvgIpc) is 3.58. The molecule has 9 heteroatoms. The fourth-order valence-electron chi connectivity index (χ4n) is 3.65. The quantitative estimate of drug-likeness (QED) is 0.372. The molecule has 0 atom stereocenters. The van der Waals surface area contributed by atoms with Crippen LogP contribution in [0.2, 0.25) is 0 Å². The molecule has 0 aliphatic carbocycles. The highest BCUT2D eigenvalue weighted by atomic mass is 32.1. The van der Waals surface area contributed by atoms with Crippen LogP contribution in [0.15, 0.2) is 70.5 Å². The number of anilines is 1. The molecule has 0 spiro atoms. The Balaban J connectivity index is 1.34. The van der Waals surface area contributed by atoms with E-state index in [0.717, 1.165) is 22.4 Å². The molecule has 0 bridgehead atoms. The van der Waals surface area contributed by atoms with Crippen LogP contribution in [0.5, 0.6) is 0 Å². The standard InChI is InChI=1S/C24H21N5O2S2/c1-2-16-5-7-17(8-6-16)12-29-20(9-10-26-29)27-21(30)13-28-15-25-23-22(24(28)31)18(14-33-23)19-4-3-11-32-19/h3-11,14-15H,2,12-13H2,1H3,(H,27,30). The summed E-state index contributed by atoms with van der Waals surface area (Å²) in [5.74, 6) is 0.269. The van der Waals surface area contributed by atoms with E-state index in [-0.39, 0.29) is 18.0 Å². The van der Waals surface area contributed by atoms with Crippen LogP contribution in [0.3, 0.4) is 0 Å². The molecule has 1 aromatic carbocycles. The third kappa shape index (κ3) is 4.37. The van der Waals surface area contributed by atoms with Crippen molar-refractivity contribution < 1.29 is 4.79 Å². The van der Waals surface area contributed by atoms with E-state index in [4.69, 9.17) is 0 Å². The maximum atomic E-state index is 13.1. The Labute approximate surface area is 198 Å². The van der Waals surface area contributed by atoms with Gasteiger partial charge in [-0.3, -0.25) is 14.2 Å². The first kappa shape index (κ1) is 21.3. The van der Waals surface area contributed by atoms with Crippen LogP contribution in [0.1, 0.15) is 18.1 Å². The number of nitrogens with one attached hydrogen (secondary N) is 1. The van der Waals surface area contributed by atoms with Gasteiger partial charge in [0.05, 0.1) is 24.5 Å². The van der Waals surface area contributed by atoms with Gasteiger partial charge in [0.1, 0.15) is 17.2 Å². The number of rotatable bonds is 7. The van der Waals surface area contributed by atoms with Crippen molar-refractivity contribution in [1.82, 2.24) is 19.3 Å². The molecule has 1 amide bonds. The topological polar surface area (TPSA) is 81.8 Å². The SMILES string of the molecule is CCc1ccc(Cn2nccc2NC(=O)Cn2cnc3scc(-c4cccs4)c3c2=O)cc1. The largest absolute Gasteiger partial charge is 0.309 e. The molecule has 5 aromatic rings. The zero-order valence-corrected chi connectivity index (χ0v) is 19.5. The van der Waals surface area contributed by atoms with Gasteiger partial charge in [-0.15, -0.1) is 22.7 Å². The Morgan fingerprint density at radius 3 is 2.67 bits per heavy atom. The Bertz CT molecular complexity index is 1460. The number of carbonyl (C=O) groups is 1. The van der Waals surface area contributed by atoms with Crippen molar-refractivity contribution in [3.8, 4) is 10.4 Å². The molecule has 0 saturated heterocycles. The Hall–Kier alpha value is -3.56. The van der Waals surface area contributed by atoms with Crippen molar-refractivity contribution in [2.24, 2.45) is 0 Å². The Morgan fingerprint density at radius 1 is 1.09 bits per heavy atom. The zero-order chi connectivity index (χ0) is 22.8. The van der Waals surface area contributed by atoms with E-state index < -0.39 is 0 Å². The number of aryl methyl sites for hydroxylation is 1. The fraction of sp³-hybridized carbons (Fsp3) is 0.167. The molecule has 0 radical (unpaired) electrons. The maximum Gasteiger partial charge on any atom is 0.263 e. The third-order valence-corrected chi connectivity index (χ3v) is 7.20. The molecule has 5 rings (SSSR count). The van der Waals surface area contributed by atoms with Crippen LogP contribution in [0.25, 0.3) is 20.7 Å². The highest BCUT2D eigenvalue weighted by molar-refractivity contribution is 7.18. The molecule has 4 aromatic heterocycles. The molecule has 0 aliphatic rings. The van der Waals surface area contributed by atoms with Gasteiger partial charge in [0, 0.05) is 21.9 Å². The van der Waals surface area contributed by atoms with Crippen LogP contribution < -0.4 is 10.9 Å². The predicted molar refractivity (Wildman–Crippen MR) is 133 cm³/mol. The van der Waals surface area contributed by atoms with Crippen molar-refractivity contribution >= 4 is 44.6 Å². The predicted octanol–water partition coefficient (Wildman–Crippen LogP) is 4.63. The van der Waals surface area contributed by atoms with E-state index in [9.17, 15) is 9.59 Å². The van der Waals surface area contributed by atoms with Crippen molar-refractivity contribution in [2.75, 3.05) is 5.32 Å². The van der Waals surface area contributed by atoms with Gasteiger partial charge in [-0.2, -0.15) is 5.10 Å². The number of carbonyl (C=O) groups excluding carboxylic acids is 1. The number of nitrogens with zero attached hydrogens (tertiary/aromatic N) is 4. The summed E-state index contributed by atoms with van der Waals surface area (Å²) in [5, 5.41) is 11.7. The molecule has 166 valence electrons. The van der Waals surface area contributed by atoms with E-state index in [0.29, 0.717) is 22.6 Å². The molecule has 7 nitrogen and oxygen atoms in total. The van der Waals surface area contributed by atoms with Crippen LogP contribution in [-0.2, 0) is 24.3 Å². The second-order valence-electron chi connectivity index (χ2n) is 7.58. The molecule has 0 aliphatic heterocycles. The molecule has 0 fully saturated rings. The van der Waals surface area contributed by atoms with Gasteiger partial charge in [-0.25, -0.2) is 9.67 Å². The van der Waals surface area contributed by atoms with E-state index in [1.807, 2.05) is 22.9 Å². The smallest absolute Gasteiger partial charge is 0.263 e. The number of fused-ring (bicyclic) bond motifs is 1. The monoisotopic (exact) mass is 475 g/mol. The van der Waals surface area contributed by atoms with Gasteiger partial charge >= 0.3 is 0 Å². The number of hydrogen-bond donors (Lipinski definition) is 1. The first-order valence-electron chi connectivity index (χ1n) is 10.5. The van der Waals surface area contributed by atoms with E-state index in [1.165, 1.54) is 27.8 Å². The second-order valence-corrected chi connectivity index (χ2v) is 9.38. The molecule has 1 N–H and O–H groups in total. The lowest BCUT2D eigenvalue weighted by molar-refractivity contribution is -0.116. The van der Waals surface area contributed by atoms with Crippen molar-refractivity contribution in [2.45, 2.75) is 26.4 Å². The first-order chi connectivity index (χ1) is 16.1. The van der Waals surface area contributed by atoms with Crippen LogP contribution in [0.4, 0.5) is 5.82 Å². The summed E-state index contributed by atoms with van der Waals surface area (Å²) in [6.45, 7) is 2.53. The third-order valence-electron chi connectivity index (χ3n) is 5.41. The second kappa shape index (κ2) is 9.13. The van der Waals surface area contributed by atoms with Crippen molar-refractivity contribution in [3.05, 3.63) is 87.2 Å². The Morgan fingerprint density at radius 2 is 1.91 bits per heavy atom. The lowest BCUT2D eigenvalue weighted by Gasteiger charge is -2.10. The van der Waals surface area contributed by atoms with Gasteiger partial charge < -0.3 is 5.32 Å². The summed E-state index contributed by atoms with van der Waals surface area (Å²) in [6, 6.07) is 14.0. The first-order valence-corrected chi connectivity index (χ1v) is 12.3. The van der Waals surface area contributed by atoms with Gasteiger partial charge in [0.15, 0.2) is 0 Å². The normalized spacial score (nSPS) is 11.2. The maximum absolute atomic E-state index is 13.1. The Kier molecular flexibility index (Phi) is 5.89. The minimum absolute atomic E-state index is 0.127. The van der Waals surface area contributed by atoms with Gasteiger partial charge in [-0.1, -0.05) is 37.3 Å². The fourth-order valence-corrected chi connectivity index (χ4v) is 5.37. The summed E-state index contributed by atoms with van der Waals surface area (Å²) in [5.41, 5.74) is 3.02. The zero-order valence-electron chi connectivity index (χ0n) is 17.9. The number of hydrogen-bond acceptors (Lipinski definition) is 6. The summed E-state index contributed by atoms with van der Waals surface area (Å²) in [6.07, 6.45) is 4.07. The number of amides is 1. The van der Waals surface area contributed by atoms with Crippen molar-refractivity contribution in [3.63, 3.8) is 0 Å². The van der Waals surface area contributed by atoms with Gasteiger partial charge in [-0.05, 0) is 29.0 Å².